The molecule has 4 aromatic carbocycles. The maximum atomic E-state index is 14.0. The van der Waals surface area contributed by atoms with Gasteiger partial charge >= 0.3 is 11.9 Å². The van der Waals surface area contributed by atoms with Crippen molar-refractivity contribution < 1.29 is 43.0 Å². The molecule has 296 valence electrons. The van der Waals surface area contributed by atoms with Gasteiger partial charge in [0, 0.05) is 48.4 Å². The highest BCUT2D eigenvalue weighted by molar-refractivity contribution is 9.10. The van der Waals surface area contributed by atoms with Crippen LogP contribution in [-0.4, -0.2) is 74.8 Å². The van der Waals surface area contributed by atoms with Crippen molar-refractivity contribution in [2.75, 3.05) is 13.2 Å². The standard InChI is InChI=1S/C45H40BrN3O9/c1-26-13-17-30(18-14-26)44(54)56-25-40-39(58-45(55)31-19-15-27(2)16-20-31)22-42(57-40)49-37-12-8-6-9-32(37)34(43(49)46)21-41(53)48(29(4)51)24-38(52)35-23-47(28(3)50)36-11-7-5-10-33(35)36/h5-20,23,39-40,42H,21-22,24-25H2,1-4H3/t39-,40+,42+/m0/s1. The lowest BCUT2D eigenvalue weighted by Crippen LogP contribution is -2.40. The molecule has 1 fully saturated rings. The van der Waals surface area contributed by atoms with Crippen LogP contribution in [0.1, 0.15) is 79.1 Å². The molecule has 6 aromatic rings. The topological polar surface area (TPSA) is 143 Å². The number of hydrogen-bond donors (Lipinski definition) is 0. The van der Waals surface area contributed by atoms with E-state index in [1.807, 2.05) is 66.9 Å². The van der Waals surface area contributed by atoms with Gasteiger partial charge in [-0.1, -0.05) is 71.8 Å². The summed E-state index contributed by atoms with van der Waals surface area (Å²) in [4.78, 5) is 80.3. The van der Waals surface area contributed by atoms with Crippen LogP contribution in [0.5, 0.6) is 0 Å². The quantitative estimate of drug-likeness (QED) is 0.0943. The summed E-state index contributed by atoms with van der Waals surface area (Å²) in [5.41, 5.74) is 4.69. The van der Waals surface area contributed by atoms with Gasteiger partial charge in [0.1, 0.15) is 25.0 Å². The lowest BCUT2D eigenvalue weighted by Gasteiger charge is -2.19. The number of fused-ring (bicyclic) bond motifs is 2. The number of carbonyl (C=O) groups is 6. The molecule has 0 N–H and O–H groups in total. The van der Waals surface area contributed by atoms with Crippen molar-refractivity contribution in [3.63, 3.8) is 0 Å². The van der Waals surface area contributed by atoms with E-state index in [1.165, 1.54) is 24.6 Å². The Kier molecular flexibility index (Phi) is 11.6. The predicted octanol–water partition coefficient (Wildman–Crippen LogP) is 7.81. The number of halogens is 1. The van der Waals surface area contributed by atoms with Gasteiger partial charge in [0.05, 0.1) is 39.7 Å². The van der Waals surface area contributed by atoms with E-state index < -0.39 is 54.5 Å². The highest BCUT2D eigenvalue weighted by atomic mass is 79.9. The number of ether oxygens (including phenoxy) is 3. The number of esters is 2. The molecule has 0 radical (unpaired) electrons. The number of imide groups is 1. The van der Waals surface area contributed by atoms with Crippen LogP contribution in [0.25, 0.3) is 21.8 Å². The van der Waals surface area contributed by atoms with Crippen molar-refractivity contribution in [3.05, 3.63) is 141 Å². The second-order valence-electron chi connectivity index (χ2n) is 14.3. The van der Waals surface area contributed by atoms with Gasteiger partial charge in [0.15, 0.2) is 5.78 Å². The Bertz CT molecular complexity index is 2590. The van der Waals surface area contributed by atoms with E-state index in [-0.39, 0.29) is 30.9 Å². The third-order valence-electron chi connectivity index (χ3n) is 10.3. The smallest absolute Gasteiger partial charge is 0.338 e. The van der Waals surface area contributed by atoms with Gasteiger partial charge in [-0.25, -0.2) is 9.59 Å². The molecule has 0 saturated carbocycles. The zero-order valence-corrected chi connectivity index (χ0v) is 33.9. The number of aromatic nitrogens is 2. The highest BCUT2D eigenvalue weighted by Crippen LogP contribution is 2.40. The molecule has 0 aliphatic carbocycles. The van der Waals surface area contributed by atoms with Crippen LogP contribution in [-0.2, 0) is 30.2 Å². The number of benzene rings is 4. The van der Waals surface area contributed by atoms with Crippen molar-refractivity contribution in [1.29, 1.82) is 0 Å². The Balaban J connectivity index is 1.15. The second kappa shape index (κ2) is 16.7. The minimum atomic E-state index is -0.847. The fourth-order valence-corrected chi connectivity index (χ4v) is 8.00. The van der Waals surface area contributed by atoms with Crippen molar-refractivity contribution in [3.8, 4) is 0 Å². The highest BCUT2D eigenvalue weighted by Gasteiger charge is 2.41. The lowest BCUT2D eigenvalue weighted by atomic mass is 10.1. The molecule has 2 amide bonds. The molecule has 0 spiro atoms. The minimum absolute atomic E-state index is 0.178. The lowest BCUT2D eigenvalue weighted by molar-refractivity contribution is -0.142. The average molecular weight is 847 g/mol. The molecular weight excluding hydrogens is 806 g/mol. The summed E-state index contributed by atoms with van der Waals surface area (Å²) in [6.07, 6.45) is -1.06. The van der Waals surface area contributed by atoms with E-state index in [1.54, 1.807) is 48.5 Å². The molecule has 1 aliphatic rings. The summed E-state index contributed by atoms with van der Waals surface area (Å²) >= 11 is 3.72. The fourth-order valence-electron chi connectivity index (χ4n) is 7.22. The molecule has 7 rings (SSSR count). The average Bonchev–Trinajstić information content (AvgIpc) is 3.87. The van der Waals surface area contributed by atoms with Gasteiger partial charge < -0.3 is 18.8 Å². The zero-order chi connectivity index (χ0) is 41.2. The summed E-state index contributed by atoms with van der Waals surface area (Å²) in [6, 6.07) is 28.2. The van der Waals surface area contributed by atoms with E-state index in [2.05, 4.69) is 15.9 Å². The van der Waals surface area contributed by atoms with Crippen molar-refractivity contribution >= 4 is 73.2 Å². The molecule has 0 bridgehead atoms. The summed E-state index contributed by atoms with van der Waals surface area (Å²) in [7, 11) is 0. The Morgan fingerprint density at radius 1 is 0.776 bits per heavy atom. The molecule has 58 heavy (non-hydrogen) atoms. The number of ketones is 1. The van der Waals surface area contributed by atoms with Gasteiger partial charge in [-0.05, 0) is 66.2 Å². The molecule has 0 unspecified atom stereocenters. The van der Waals surface area contributed by atoms with E-state index >= 15 is 0 Å². The number of para-hydroxylation sites is 2. The van der Waals surface area contributed by atoms with E-state index in [4.69, 9.17) is 14.2 Å². The Hall–Kier alpha value is -6.18. The number of Topliss-reactive ketones (excluding diaryl/α,β-unsaturated/α-hetero) is 1. The number of rotatable bonds is 11. The SMILES string of the molecule is CC(=O)N(CC(=O)c1cn(C(C)=O)c2ccccc12)C(=O)Cc1c(Br)n([C@H]2C[C@H](OC(=O)c3ccc(C)cc3)[C@@H](COC(=O)c3ccc(C)cc3)O2)c2ccccc12. The largest absolute Gasteiger partial charge is 0.459 e. The first-order chi connectivity index (χ1) is 27.8. The van der Waals surface area contributed by atoms with Crippen LogP contribution in [0, 0.1) is 13.8 Å². The first-order valence-corrected chi connectivity index (χ1v) is 19.5. The molecule has 2 aromatic heterocycles. The van der Waals surface area contributed by atoms with Crippen molar-refractivity contribution in [2.24, 2.45) is 0 Å². The van der Waals surface area contributed by atoms with Crippen LogP contribution in [0.2, 0.25) is 0 Å². The normalized spacial score (nSPS) is 16.3. The van der Waals surface area contributed by atoms with Gasteiger partial charge in [-0.15, -0.1) is 0 Å². The number of aryl methyl sites for hydroxylation is 2. The number of nitrogens with zero attached hydrogens (tertiary/aromatic N) is 3. The van der Waals surface area contributed by atoms with E-state index in [0.717, 1.165) is 16.0 Å². The number of amides is 2. The third kappa shape index (κ3) is 8.13. The first kappa shape index (κ1) is 40.0. The Labute approximate surface area is 342 Å². The fraction of sp³-hybridized carbons (Fsp3) is 0.244. The molecule has 3 heterocycles. The van der Waals surface area contributed by atoms with E-state index in [9.17, 15) is 28.8 Å². The molecule has 13 heteroatoms. The van der Waals surface area contributed by atoms with Crippen LogP contribution in [0.4, 0.5) is 0 Å². The summed E-state index contributed by atoms with van der Waals surface area (Å²) in [6.45, 7) is 5.70. The Morgan fingerprint density at radius 2 is 1.36 bits per heavy atom. The van der Waals surface area contributed by atoms with Crippen molar-refractivity contribution in [2.45, 2.75) is 59.0 Å². The van der Waals surface area contributed by atoms with Crippen LogP contribution in [0.3, 0.4) is 0 Å². The molecular formula is C45H40BrN3O9. The third-order valence-corrected chi connectivity index (χ3v) is 11.2. The maximum absolute atomic E-state index is 14.0. The first-order valence-electron chi connectivity index (χ1n) is 18.7. The molecule has 12 nitrogen and oxygen atoms in total. The van der Waals surface area contributed by atoms with Crippen molar-refractivity contribution in [1.82, 2.24) is 14.0 Å². The molecule has 1 saturated heterocycles. The summed E-state index contributed by atoms with van der Waals surface area (Å²) < 4.78 is 21.9. The monoisotopic (exact) mass is 845 g/mol. The van der Waals surface area contributed by atoms with Crippen LogP contribution < -0.4 is 0 Å². The minimum Gasteiger partial charge on any atom is -0.459 e. The van der Waals surface area contributed by atoms with Gasteiger partial charge in [0.25, 0.3) is 0 Å². The maximum Gasteiger partial charge on any atom is 0.338 e. The number of carbonyl (C=O) groups excluding carboxylic acids is 6. The second-order valence-corrected chi connectivity index (χ2v) is 15.1. The Morgan fingerprint density at radius 3 is 1.98 bits per heavy atom. The van der Waals surface area contributed by atoms with Gasteiger partial charge in [-0.2, -0.15) is 0 Å². The predicted molar refractivity (Wildman–Crippen MR) is 219 cm³/mol. The van der Waals surface area contributed by atoms with Gasteiger partial charge in [0.2, 0.25) is 17.7 Å². The molecule has 1 aliphatic heterocycles. The van der Waals surface area contributed by atoms with E-state index in [0.29, 0.717) is 43.1 Å². The van der Waals surface area contributed by atoms with Gasteiger partial charge in [-0.3, -0.25) is 28.6 Å². The van der Waals surface area contributed by atoms with Crippen LogP contribution >= 0.6 is 15.9 Å². The molecule has 3 atom stereocenters. The van der Waals surface area contributed by atoms with Crippen LogP contribution in [0.15, 0.2) is 108 Å². The number of hydrogen-bond acceptors (Lipinski definition) is 9. The summed E-state index contributed by atoms with van der Waals surface area (Å²) in [5, 5.41) is 1.22. The summed E-state index contributed by atoms with van der Waals surface area (Å²) in [5.74, 6) is -3.13. The zero-order valence-electron chi connectivity index (χ0n) is 32.3.